The normalized spacial score (nSPS) is 31.0. The Labute approximate surface area is 134 Å². The molecule has 6 heteroatoms. The molecule has 1 aromatic rings. The van der Waals surface area contributed by atoms with Crippen molar-refractivity contribution >= 4 is 23.2 Å². The summed E-state index contributed by atoms with van der Waals surface area (Å²) in [5, 5.41) is 1.94. The first kappa shape index (κ1) is 15.5. The van der Waals surface area contributed by atoms with Gasteiger partial charge in [0, 0.05) is 12.5 Å². The van der Waals surface area contributed by atoms with Gasteiger partial charge in [-0.15, -0.1) is 11.3 Å². The molecular weight excluding hydrogens is 302 g/mol. The minimum atomic E-state index is -0.551. The van der Waals surface area contributed by atoms with Crippen molar-refractivity contribution in [3.05, 3.63) is 21.9 Å². The largest absolute Gasteiger partial charge is 0.467 e. The summed E-state index contributed by atoms with van der Waals surface area (Å²) in [5.74, 6) is -0.287. The van der Waals surface area contributed by atoms with E-state index in [9.17, 15) is 9.59 Å². The van der Waals surface area contributed by atoms with Crippen molar-refractivity contribution < 1.29 is 19.1 Å². The summed E-state index contributed by atoms with van der Waals surface area (Å²) >= 11 is 1.48. The van der Waals surface area contributed by atoms with E-state index >= 15 is 0 Å². The molecule has 0 bridgehead atoms. The van der Waals surface area contributed by atoms with Crippen molar-refractivity contribution in [2.75, 3.05) is 7.11 Å². The fourth-order valence-electron chi connectivity index (χ4n) is 3.50. The number of likely N-dealkylation sites (tertiary alicyclic amines) is 1. The van der Waals surface area contributed by atoms with Gasteiger partial charge in [0.1, 0.15) is 0 Å². The molecular formula is C16H21NO4S. The number of ether oxygens (including phenoxy) is 2. The van der Waals surface area contributed by atoms with Gasteiger partial charge in [0.25, 0.3) is 5.91 Å². The van der Waals surface area contributed by atoms with Gasteiger partial charge in [0.05, 0.1) is 24.1 Å². The zero-order chi connectivity index (χ0) is 15.9. The van der Waals surface area contributed by atoms with Crippen LogP contribution in [0, 0.1) is 6.92 Å². The van der Waals surface area contributed by atoms with Gasteiger partial charge in [-0.2, -0.15) is 0 Å². The van der Waals surface area contributed by atoms with Crippen LogP contribution < -0.4 is 0 Å². The zero-order valence-corrected chi connectivity index (χ0v) is 13.9. The van der Waals surface area contributed by atoms with Crippen LogP contribution in [0.4, 0.5) is 0 Å². The smallest absolute Gasteiger partial charge is 0.335 e. The summed E-state index contributed by atoms with van der Waals surface area (Å²) in [6, 6.07) is 2.09. The summed E-state index contributed by atoms with van der Waals surface area (Å²) < 4.78 is 10.6. The monoisotopic (exact) mass is 323 g/mol. The van der Waals surface area contributed by atoms with Crippen LogP contribution in [0.25, 0.3) is 0 Å². The molecule has 4 atom stereocenters. The highest BCUT2D eigenvalue weighted by atomic mass is 32.1. The van der Waals surface area contributed by atoms with Crippen molar-refractivity contribution in [1.82, 2.24) is 4.90 Å². The van der Waals surface area contributed by atoms with E-state index in [-0.39, 0.29) is 30.1 Å². The fourth-order valence-corrected chi connectivity index (χ4v) is 4.36. The third-order valence-corrected chi connectivity index (χ3v) is 5.68. The van der Waals surface area contributed by atoms with Gasteiger partial charge in [0.2, 0.25) is 0 Å². The SMILES string of the molecule is COC(=O)[C@@H]1C[C@@H]2[C@@H](CC[C@@H](C)N2C(=O)c2sccc2C)O1. The molecule has 3 heterocycles. The lowest BCUT2D eigenvalue weighted by Gasteiger charge is -2.41. The number of methoxy groups -OCH3 is 1. The second-order valence-electron chi connectivity index (χ2n) is 6.06. The van der Waals surface area contributed by atoms with Crippen LogP contribution in [-0.4, -0.2) is 48.2 Å². The first-order valence-electron chi connectivity index (χ1n) is 7.63. The van der Waals surface area contributed by atoms with Gasteiger partial charge in [-0.05, 0) is 43.7 Å². The molecule has 22 heavy (non-hydrogen) atoms. The number of carbonyl (C=O) groups excluding carboxylic acids is 2. The Hall–Kier alpha value is -1.40. The Morgan fingerprint density at radius 1 is 1.41 bits per heavy atom. The Balaban J connectivity index is 1.84. The molecule has 2 fully saturated rings. The maximum absolute atomic E-state index is 12.9. The number of piperidine rings is 1. The number of hydrogen-bond donors (Lipinski definition) is 0. The van der Waals surface area contributed by atoms with E-state index in [2.05, 4.69) is 6.92 Å². The Bertz CT molecular complexity index is 584. The molecule has 1 aromatic heterocycles. The first-order chi connectivity index (χ1) is 10.5. The van der Waals surface area contributed by atoms with Crippen LogP contribution in [0.3, 0.4) is 0 Å². The van der Waals surface area contributed by atoms with Crippen molar-refractivity contribution in [3.8, 4) is 0 Å². The molecule has 1 amide bonds. The summed E-state index contributed by atoms with van der Waals surface area (Å²) in [6.07, 6.45) is 1.69. The van der Waals surface area contributed by atoms with Crippen LogP contribution in [0.5, 0.6) is 0 Å². The number of nitrogens with zero attached hydrogens (tertiary/aromatic N) is 1. The molecule has 5 nitrogen and oxygen atoms in total. The lowest BCUT2D eigenvalue weighted by atomic mass is 9.92. The fraction of sp³-hybridized carbons (Fsp3) is 0.625. The molecule has 0 N–H and O–H groups in total. The van der Waals surface area contributed by atoms with Gasteiger partial charge in [-0.1, -0.05) is 0 Å². The van der Waals surface area contributed by atoms with Gasteiger partial charge in [-0.3, -0.25) is 4.79 Å². The molecule has 0 unspecified atom stereocenters. The molecule has 0 saturated carbocycles. The lowest BCUT2D eigenvalue weighted by Crippen LogP contribution is -2.53. The molecule has 0 aromatic carbocycles. The summed E-state index contributed by atoms with van der Waals surface area (Å²) in [5.41, 5.74) is 1.01. The summed E-state index contributed by atoms with van der Waals surface area (Å²) in [4.78, 5) is 27.4. The van der Waals surface area contributed by atoms with Crippen molar-refractivity contribution in [3.63, 3.8) is 0 Å². The summed E-state index contributed by atoms with van der Waals surface area (Å²) in [6.45, 7) is 4.03. The van der Waals surface area contributed by atoms with Crippen molar-refractivity contribution in [2.45, 2.75) is 57.4 Å². The predicted octanol–water partition coefficient (Wildman–Crippen LogP) is 2.38. The zero-order valence-electron chi connectivity index (χ0n) is 13.1. The van der Waals surface area contributed by atoms with Crippen LogP contribution >= 0.6 is 11.3 Å². The van der Waals surface area contributed by atoms with Gasteiger partial charge in [-0.25, -0.2) is 4.79 Å². The lowest BCUT2D eigenvalue weighted by molar-refractivity contribution is -0.153. The molecule has 0 radical (unpaired) electrons. The minimum Gasteiger partial charge on any atom is -0.467 e. The van der Waals surface area contributed by atoms with E-state index in [1.165, 1.54) is 18.4 Å². The molecule has 3 rings (SSSR count). The van der Waals surface area contributed by atoms with Crippen molar-refractivity contribution in [2.24, 2.45) is 0 Å². The standard InChI is InChI=1S/C16H21NO4S/c1-9-6-7-22-14(9)15(18)17-10(2)4-5-12-11(17)8-13(21-12)16(19)20-3/h6-7,10-13H,4-5,8H2,1-3H3/t10-,11-,12-,13+/m1/s1. The summed E-state index contributed by atoms with van der Waals surface area (Å²) in [7, 11) is 1.37. The van der Waals surface area contributed by atoms with Crippen LogP contribution in [0.15, 0.2) is 11.4 Å². The van der Waals surface area contributed by atoms with E-state index in [0.717, 1.165) is 23.3 Å². The minimum absolute atomic E-state index is 0.0400. The Morgan fingerprint density at radius 2 is 2.18 bits per heavy atom. The predicted molar refractivity (Wildman–Crippen MR) is 83.0 cm³/mol. The Kier molecular flexibility index (Phi) is 4.23. The third-order valence-electron chi connectivity index (χ3n) is 4.68. The van der Waals surface area contributed by atoms with E-state index in [1.807, 2.05) is 23.3 Å². The quantitative estimate of drug-likeness (QED) is 0.784. The number of aryl methyl sites for hydroxylation is 1. The highest BCUT2D eigenvalue weighted by Gasteiger charge is 2.48. The Morgan fingerprint density at radius 3 is 2.82 bits per heavy atom. The molecule has 120 valence electrons. The molecule has 2 saturated heterocycles. The maximum Gasteiger partial charge on any atom is 0.335 e. The van der Waals surface area contributed by atoms with Crippen LogP contribution in [0.1, 0.15) is 41.4 Å². The average molecular weight is 323 g/mol. The number of hydrogen-bond acceptors (Lipinski definition) is 5. The second-order valence-corrected chi connectivity index (χ2v) is 6.98. The van der Waals surface area contributed by atoms with Gasteiger partial charge in [0.15, 0.2) is 6.10 Å². The third kappa shape index (κ3) is 2.54. The van der Waals surface area contributed by atoms with E-state index in [1.54, 1.807) is 0 Å². The van der Waals surface area contributed by atoms with Crippen LogP contribution in [-0.2, 0) is 14.3 Å². The van der Waals surface area contributed by atoms with Crippen LogP contribution in [0.2, 0.25) is 0 Å². The number of esters is 1. The van der Waals surface area contributed by atoms with E-state index < -0.39 is 6.10 Å². The van der Waals surface area contributed by atoms with E-state index in [0.29, 0.717) is 6.42 Å². The number of thiophene rings is 1. The number of amides is 1. The molecule has 2 aliphatic rings. The number of carbonyl (C=O) groups is 2. The topological polar surface area (TPSA) is 55.8 Å². The van der Waals surface area contributed by atoms with Gasteiger partial charge < -0.3 is 14.4 Å². The first-order valence-corrected chi connectivity index (χ1v) is 8.51. The second kappa shape index (κ2) is 6.01. The molecule has 0 spiro atoms. The molecule has 2 aliphatic heterocycles. The molecule has 0 aliphatic carbocycles. The van der Waals surface area contributed by atoms with E-state index in [4.69, 9.17) is 9.47 Å². The maximum atomic E-state index is 12.9. The highest BCUT2D eigenvalue weighted by Crippen LogP contribution is 2.37. The number of rotatable bonds is 2. The highest BCUT2D eigenvalue weighted by molar-refractivity contribution is 7.12. The average Bonchev–Trinajstić information content (AvgIpc) is 3.11. The van der Waals surface area contributed by atoms with Crippen molar-refractivity contribution in [1.29, 1.82) is 0 Å². The number of fused-ring (bicyclic) bond motifs is 1. The van der Waals surface area contributed by atoms with Gasteiger partial charge >= 0.3 is 5.97 Å².